The molecule has 0 aromatic carbocycles. The van der Waals surface area contributed by atoms with Gasteiger partial charge in [0.05, 0.1) is 12.5 Å². The van der Waals surface area contributed by atoms with E-state index in [2.05, 4.69) is 24.6 Å². The molecule has 0 saturated heterocycles. The van der Waals surface area contributed by atoms with E-state index in [1.807, 2.05) is 6.07 Å². The third-order valence-electron chi connectivity index (χ3n) is 2.56. The van der Waals surface area contributed by atoms with Gasteiger partial charge in [0.1, 0.15) is 19.2 Å². The number of fused-ring (bicyclic) bond motifs is 1. The van der Waals surface area contributed by atoms with Crippen molar-refractivity contribution in [2.45, 2.75) is 19.6 Å². The second-order valence-electron chi connectivity index (χ2n) is 4.93. The Morgan fingerprint density at radius 1 is 1.41 bits per heavy atom. The van der Waals surface area contributed by atoms with Crippen LogP contribution in [0.3, 0.4) is 0 Å². The molecule has 0 fully saturated rings. The average molecular weight is 249 g/mol. The van der Waals surface area contributed by atoms with Gasteiger partial charge >= 0.3 is 5.97 Å². The van der Waals surface area contributed by atoms with Crippen LogP contribution in [0.15, 0.2) is 22.7 Å². The van der Waals surface area contributed by atoms with Crippen molar-refractivity contribution in [1.29, 1.82) is 0 Å². The molecule has 2 rings (SSSR count). The lowest BCUT2D eigenvalue weighted by molar-refractivity contribution is 0.0601. The van der Waals surface area contributed by atoms with E-state index in [9.17, 15) is 4.79 Å². The van der Waals surface area contributed by atoms with Crippen LogP contribution in [0.25, 0.3) is 11.1 Å². The molecule has 0 radical (unpaired) electrons. The first kappa shape index (κ1) is 11.9. The Labute approximate surface area is 101 Å². The number of carbonyl (C=O) groups is 1. The van der Waals surface area contributed by atoms with E-state index in [4.69, 9.17) is 9.15 Å². The Bertz CT molecular complexity index is 569. The number of furan rings is 1. The molecule has 0 aliphatic heterocycles. The zero-order chi connectivity index (χ0) is 12.6. The van der Waals surface area contributed by atoms with Crippen molar-refractivity contribution in [3.63, 3.8) is 0 Å². The predicted molar refractivity (Wildman–Crippen MR) is 68.3 cm³/mol. The first-order chi connectivity index (χ1) is 7.93. The van der Waals surface area contributed by atoms with E-state index in [0.717, 1.165) is 5.38 Å². The highest BCUT2D eigenvalue weighted by atomic mass is 28.3. The van der Waals surface area contributed by atoms with Crippen LogP contribution < -0.4 is 5.38 Å². The Kier molecular flexibility index (Phi) is 2.78. The number of hydrogen-bond donors (Lipinski definition) is 0. The summed E-state index contributed by atoms with van der Waals surface area (Å²) in [6.45, 7) is 6.55. The number of carbonyl (C=O) groups excluding carboxylic acids is 1. The maximum absolute atomic E-state index is 11.6. The van der Waals surface area contributed by atoms with E-state index in [-0.39, 0.29) is 0 Å². The fraction of sp³-hybridized carbons (Fsp3) is 0.333. The number of aromatic nitrogens is 1. The lowest BCUT2D eigenvalue weighted by atomic mass is 10.2. The molecule has 90 valence electrons. The fourth-order valence-electron chi connectivity index (χ4n) is 1.58. The molecule has 0 aliphatic rings. The van der Waals surface area contributed by atoms with Gasteiger partial charge in [-0.25, -0.2) is 4.79 Å². The summed E-state index contributed by atoms with van der Waals surface area (Å²) in [5, 5.41) is 0.941. The predicted octanol–water partition coefficient (Wildman–Crippen LogP) is 2.16. The van der Waals surface area contributed by atoms with Crippen molar-refractivity contribution in [3.05, 3.63) is 23.9 Å². The molecule has 0 amide bonds. The maximum atomic E-state index is 11.6. The maximum Gasteiger partial charge on any atom is 0.341 e. The molecule has 0 spiro atoms. The molecule has 0 saturated carbocycles. The highest BCUT2D eigenvalue weighted by Crippen LogP contribution is 2.19. The van der Waals surface area contributed by atoms with E-state index >= 15 is 0 Å². The minimum Gasteiger partial charge on any atom is -0.465 e. The summed E-state index contributed by atoms with van der Waals surface area (Å²) in [4.78, 5) is 15.8. The van der Waals surface area contributed by atoms with Crippen LogP contribution in [0.1, 0.15) is 10.4 Å². The molecule has 2 aromatic heterocycles. The van der Waals surface area contributed by atoms with Gasteiger partial charge in [-0.05, 0) is 6.07 Å². The zero-order valence-corrected chi connectivity index (χ0v) is 11.4. The van der Waals surface area contributed by atoms with Gasteiger partial charge in [0.25, 0.3) is 0 Å². The van der Waals surface area contributed by atoms with Crippen molar-refractivity contribution in [3.8, 4) is 0 Å². The number of methoxy groups -OCH3 is 1. The summed E-state index contributed by atoms with van der Waals surface area (Å²) in [5.74, 6) is -0.395. The monoisotopic (exact) mass is 249 g/mol. The summed E-state index contributed by atoms with van der Waals surface area (Å²) in [7, 11) is -0.185. The molecule has 5 heteroatoms. The summed E-state index contributed by atoms with van der Waals surface area (Å²) < 4.78 is 10.5. The van der Waals surface area contributed by atoms with Crippen molar-refractivity contribution in [2.75, 3.05) is 7.11 Å². The van der Waals surface area contributed by atoms with Gasteiger partial charge in [-0.2, -0.15) is 0 Å². The molecule has 0 N–H and O–H groups in total. The molecule has 4 nitrogen and oxygen atoms in total. The van der Waals surface area contributed by atoms with Gasteiger partial charge in [0.15, 0.2) is 5.58 Å². The normalized spacial score (nSPS) is 11.8. The molecule has 17 heavy (non-hydrogen) atoms. The van der Waals surface area contributed by atoms with Gasteiger partial charge in [-0.15, -0.1) is 0 Å². The van der Waals surface area contributed by atoms with E-state index in [1.165, 1.54) is 7.11 Å². The first-order valence-corrected chi connectivity index (χ1v) is 8.91. The Morgan fingerprint density at radius 3 is 2.71 bits per heavy atom. The van der Waals surface area contributed by atoms with Crippen molar-refractivity contribution >= 4 is 30.5 Å². The number of esters is 1. The number of nitrogens with zero attached hydrogens (tertiary/aromatic N) is 1. The summed E-state index contributed by atoms with van der Waals surface area (Å²) >= 11 is 0. The quantitative estimate of drug-likeness (QED) is 0.604. The summed E-state index contributed by atoms with van der Waals surface area (Å²) in [5.41, 5.74) is 1.67. The number of pyridine rings is 1. The van der Waals surface area contributed by atoms with Gasteiger partial charge in [0, 0.05) is 12.3 Å². The van der Waals surface area contributed by atoms with Crippen LogP contribution in [0.4, 0.5) is 0 Å². The smallest absolute Gasteiger partial charge is 0.341 e. The first-order valence-electron chi connectivity index (χ1n) is 5.41. The molecule has 0 aliphatic carbocycles. The van der Waals surface area contributed by atoms with Crippen LogP contribution in [-0.4, -0.2) is 26.1 Å². The highest BCUT2D eigenvalue weighted by molar-refractivity contribution is 6.87. The van der Waals surface area contributed by atoms with Crippen LogP contribution >= 0.6 is 0 Å². The summed E-state index contributed by atoms with van der Waals surface area (Å²) in [6, 6.07) is 3.54. The minimum absolute atomic E-state index is 0.395. The Hall–Kier alpha value is -1.62. The lowest BCUT2D eigenvalue weighted by Crippen LogP contribution is -2.36. The second kappa shape index (κ2) is 3.99. The molecule has 2 aromatic rings. The van der Waals surface area contributed by atoms with Gasteiger partial charge < -0.3 is 9.15 Å². The Morgan fingerprint density at radius 2 is 2.12 bits per heavy atom. The van der Waals surface area contributed by atoms with Crippen molar-refractivity contribution in [2.24, 2.45) is 0 Å². The van der Waals surface area contributed by atoms with Gasteiger partial charge in [-0.1, -0.05) is 19.6 Å². The Balaban J connectivity index is 2.65. The lowest BCUT2D eigenvalue weighted by Gasteiger charge is -2.10. The number of hydrogen-bond acceptors (Lipinski definition) is 4. The third kappa shape index (κ3) is 2.10. The van der Waals surface area contributed by atoms with Crippen LogP contribution in [-0.2, 0) is 4.74 Å². The van der Waals surface area contributed by atoms with Gasteiger partial charge in [-0.3, -0.25) is 4.98 Å². The molecule has 0 unspecified atom stereocenters. The van der Waals surface area contributed by atoms with E-state index in [1.54, 1.807) is 12.3 Å². The molecular formula is C12H15NO3Si. The third-order valence-corrected chi connectivity index (χ3v) is 4.28. The van der Waals surface area contributed by atoms with Crippen LogP contribution in [0.2, 0.25) is 19.6 Å². The topological polar surface area (TPSA) is 52.3 Å². The zero-order valence-electron chi connectivity index (χ0n) is 10.4. The highest BCUT2D eigenvalue weighted by Gasteiger charge is 2.24. The van der Waals surface area contributed by atoms with E-state index < -0.39 is 14.0 Å². The van der Waals surface area contributed by atoms with Crippen molar-refractivity contribution < 1.29 is 13.9 Å². The van der Waals surface area contributed by atoms with E-state index in [0.29, 0.717) is 16.7 Å². The minimum atomic E-state index is -1.54. The number of ether oxygens (including phenoxy) is 1. The van der Waals surface area contributed by atoms with Crippen LogP contribution in [0, 0.1) is 0 Å². The molecule has 2 heterocycles. The largest absolute Gasteiger partial charge is 0.465 e. The average Bonchev–Trinajstić information content (AvgIpc) is 2.71. The SMILES string of the molecule is COC(=O)c1ccnc2cc([Si](C)(C)C)oc12. The summed E-state index contributed by atoms with van der Waals surface area (Å²) in [6.07, 6.45) is 1.60. The molecular weight excluding hydrogens is 234 g/mol. The standard InChI is InChI=1S/C12H15NO3Si/c1-15-12(14)8-5-6-13-9-7-10(16-11(8)9)17(2,3)4/h5-7H,1-4H3. The molecule has 0 bridgehead atoms. The fourth-order valence-corrected chi connectivity index (χ4v) is 2.56. The number of rotatable bonds is 2. The molecule has 0 atom stereocenters. The second-order valence-corrected chi connectivity index (χ2v) is 9.92. The van der Waals surface area contributed by atoms with Crippen LogP contribution in [0.5, 0.6) is 0 Å². The van der Waals surface area contributed by atoms with Gasteiger partial charge in [0.2, 0.25) is 0 Å². The van der Waals surface area contributed by atoms with Crippen molar-refractivity contribution in [1.82, 2.24) is 4.98 Å².